The number of H-pyrrole nitrogens is 1. The van der Waals surface area contributed by atoms with Gasteiger partial charge >= 0.3 is 0 Å². The van der Waals surface area contributed by atoms with Gasteiger partial charge in [-0.3, -0.25) is 4.79 Å². The highest BCUT2D eigenvalue weighted by atomic mass is 35.5. The second-order valence-electron chi connectivity index (χ2n) is 9.08. The summed E-state index contributed by atoms with van der Waals surface area (Å²) in [4.78, 5) is 26.8. The summed E-state index contributed by atoms with van der Waals surface area (Å²) in [5.74, 6) is 0.470. The van der Waals surface area contributed by atoms with Gasteiger partial charge < -0.3 is 25.7 Å². The average molecular weight is 499 g/mol. The first-order valence-corrected chi connectivity index (χ1v) is 12.2. The highest BCUT2D eigenvalue weighted by Gasteiger charge is 2.47. The number of imidazole rings is 1. The van der Waals surface area contributed by atoms with Gasteiger partial charge in [-0.15, -0.1) is 0 Å². The Morgan fingerprint density at radius 3 is 2.74 bits per heavy atom. The molecule has 1 saturated heterocycles. The van der Waals surface area contributed by atoms with Gasteiger partial charge in [0.15, 0.2) is 5.65 Å². The Morgan fingerprint density at radius 2 is 1.97 bits per heavy atom. The van der Waals surface area contributed by atoms with Crippen LogP contribution in [-0.4, -0.2) is 53.2 Å². The lowest BCUT2D eigenvalue weighted by Gasteiger charge is -2.29. The third-order valence-electron chi connectivity index (χ3n) is 7.15. The van der Waals surface area contributed by atoms with E-state index in [0.29, 0.717) is 45.9 Å². The van der Waals surface area contributed by atoms with Crippen molar-refractivity contribution in [2.24, 2.45) is 23.5 Å². The molecular formula is C24H24Cl2N6O2. The zero-order chi connectivity index (χ0) is 23.4. The number of amides is 1. The van der Waals surface area contributed by atoms with Gasteiger partial charge in [-0.1, -0.05) is 35.4 Å². The number of carbonyl (C=O) groups is 1. The lowest BCUT2D eigenvalue weighted by atomic mass is 9.88. The van der Waals surface area contributed by atoms with Crippen molar-refractivity contribution in [3.8, 4) is 11.4 Å². The lowest BCUT2D eigenvalue weighted by molar-refractivity contribution is -0.122. The van der Waals surface area contributed by atoms with Crippen molar-refractivity contribution in [2.75, 3.05) is 36.5 Å². The van der Waals surface area contributed by atoms with Crippen LogP contribution >= 0.6 is 23.2 Å². The minimum Gasteiger partial charge on any atom is -0.378 e. The average Bonchev–Trinajstić information content (AvgIpc) is 3.56. The standard InChI is InChI=1S/C24H24Cl2N6O2/c25-15-10-14(3-4-17(15)32-5-7-34-8-6-32)23-30-21-20(16(26)11-28-24(21)31-23)29-19-13-2-1-12(9-13)18(19)22(27)33/h1-4,10-13,18-19H,5-9H2,(H2,27,33)(H2,28,29,30,31)/t12-,13-,18+,19-/m1/s1. The van der Waals surface area contributed by atoms with E-state index < -0.39 is 0 Å². The summed E-state index contributed by atoms with van der Waals surface area (Å²) < 4.78 is 5.44. The number of ether oxygens (including phenoxy) is 1. The van der Waals surface area contributed by atoms with Crippen molar-refractivity contribution in [2.45, 2.75) is 12.5 Å². The van der Waals surface area contributed by atoms with Gasteiger partial charge in [-0.2, -0.15) is 0 Å². The third kappa shape index (κ3) is 3.61. The van der Waals surface area contributed by atoms with Gasteiger partial charge in [0.1, 0.15) is 11.3 Å². The van der Waals surface area contributed by atoms with E-state index in [4.69, 9.17) is 33.7 Å². The van der Waals surface area contributed by atoms with Crippen LogP contribution in [0.25, 0.3) is 22.6 Å². The number of fused-ring (bicyclic) bond motifs is 3. The molecular weight excluding hydrogens is 475 g/mol. The molecule has 1 aromatic carbocycles. The second-order valence-corrected chi connectivity index (χ2v) is 9.89. The van der Waals surface area contributed by atoms with Crippen molar-refractivity contribution in [1.82, 2.24) is 15.0 Å². The van der Waals surface area contributed by atoms with Crippen molar-refractivity contribution < 1.29 is 9.53 Å². The van der Waals surface area contributed by atoms with Crippen LogP contribution in [0.1, 0.15) is 6.42 Å². The molecule has 2 aromatic heterocycles. The number of aromatic nitrogens is 3. The van der Waals surface area contributed by atoms with Crippen molar-refractivity contribution >= 4 is 51.6 Å². The Hall–Kier alpha value is -2.81. The van der Waals surface area contributed by atoms with Gasteiger partial charge in [0.2, 0.25) is 5.91 Å². The molecule has 10 heteroatoms. The fourth-order valence-electron chi connectivity index (χ4n) is 5.50. The third-order valence-corrected chi connectivity index (χ3v) is 7.73. The number of halogens is 2. The van der Waals surface area contributed by atoms with E-state index in [1.165, 1.54) is 0 Å². The molecule has 2 bridgehead atoms. The second kappa shape index (κ2) is 8.45. The molecule has 1 amide bonds. The van der Waals surface area contributed by atoms with Crippen LogP contribution in [0.4, 0.5) is 11.4 Å². The van der Waals surface area contributed by atoms with Gasteiger partial charge in [-0.25, -0.2) is 9.97 Å². The molecule has 0 radical (unpaired) electrons. The van der Waals surface area contributed by atoms with Gasteiger partial charge in [-0.05, 0) is 36.5 Å². The predicted octanol–water partition coefficient (Wildman–Crippen LogP) is 3.86. The maximum absolute atomic E-state index is 12.2. The number of carbonyl (C=O) groups excluding carboxylic acids is 1. The fourth-order valence-corrected chi connectivity index (χ4v) is 6.00. The number of benzene rings is 1. The van der Waals surface area contributed by atoms with Crippen LogP contribution in [0.2, 0.25) is 10.0 Å². The summed E-state index contributed by atoms with van der Waals surface area (Å²) in [5.41, 5.74) is 9.46. The summed E-state index contributed by atoms with van der Waals surface area (Å²) in [6.07, 6.45) is 6.75. The van der Waals surface area contributed by atoms with E-state index in [9.17, 15) is 4.79 Å². The van der Waals surface area contributed by atoms with Crippen LogP contribution in [0.3, 0.4) is 0 Å². The number of pyridine rings is 1. The molecule has 3 heterocycles. The first-order chi connectivity index (χ1) is 16.5. The Balaban J connectivity index is 1.34. The van der Waals surface area contributed by atoms with Crippen molar-refractivity contribution in [3.05, 3.63) is 46.6 Å². The van der Waals surface area contributed by atoms with Crippen molar-refractivity contribution in [3.63, 3.8) is 0 Å². The SMILES string of the molecule is NC(=O)[C@@H]1[C@H](Nc2c(Cl)cnc3nc(-c4ccc(N5CCOCC5)c(Cl)c4)[nH]c23)[C@@H]2C=C[C@@H]1C2. The van der Waals surface area contributed by atoms with E-state index in [2.05, 4.69) is 37.3 Å². The minimum absolute atomic E-state index is 0.121. The monoisotopic (exact) mass is 498 g/mol. The molecule has 0 spiro atoms. The summed E-state index contributed by atoms with van der Waals surface area (Å²) in [6.45, 7) is 3.01. The van der Waals surface area contributed by atoms with Crippen LogP contribution in [0, 0.1) is 17.8 Å². The molecule has 3 aromatic rings. The first-order valence-electron chi connectivity index (χ1n) is 11.4. The van der Waals surface area contributed by atoms with E-state index in [1.807, 2.05) is 18.2 Å². The molecule has 8 nitrogen and oxygen atoms in total. The fraction of sp³-hybridized carbons (Fsp3) is 0.375. The van der Waals surface area contributed by atoms with Gasteiger partial charge in [0.05, 0.1) is 46.7 Å². The van der Waals surface area contributed by atoms with E-state index in [-0.39, 0.29) is 29.7 Å². The number of nitrogens with one attached hydrogen (secondary N) is 2. The van der Waals surface area contributed by atoms with E-state index in [0.717, 1.165) is 30.8 Å². The number of nitrogens with zero attached hydrogens (tertiary/aromatic N) is 3. The quantitative estimate of drug-likeness (QED) is 0.460. The Kier molecular flexibility index (Phi) is 5.39. The lowest BCUT2D eigenvalue weighted by Crippen LogP contribution is -2.41. The number of allylic oxidation sites excluding steroid dienone is 1. The largest absolute Gasteiger partial charge is 0.378 e. The number of nitrogens with two attached hydrogens (primary N) is 1. The molecule has 176 valence electrons. The summed E-state index contributed by atoms with van der Waals surface area (Å²) in [7, 11) is 0. The number of hydrogen-bond acceptors (Lipinski definition) is 6. The van der Waals surface area contributed by atoms with E-state index in [1.54, 1.807) is 6.20 Å². The minimum atomic E-state index is -0.295. The summed E-state index contributed by atoms with van der Waals surface area (Å²) in [5, 5.41) is 4.62. The molecule has 4 N–H and O–H groups in total. The Bertz CT molecular complexity index is 1300. The number of rotatable bonds is 5. The Labute approximate surface area is 206 Å². The molecule has 1 aliphatic heterocycles. The molecule has 6 rings (SSSR count). The number of primary amides is 1. The topological polar surface area (TPSA) is 109 Å². The zero-order valence-corrected chi connectivity index (χ0v) is 19.8. The molecule has 2 aliphatic carbocycles. The van der Waals surface area contributed by atoms with Crippen LogP contribution in [-0.2, 0) is 9.53 Å². The molecule has 34 heavy (non-hydrogen) atoms. The maximum Gasteiger partial charge on any atom is 0.223 e. The van der Waals surface area contributed by atoms with Crippen molar-refractivity contribution in [1.29, 1.82) is 0 Å². The molecule has 0 unspecified atom stereocenters. The summed E-state index contributed by atoms with van der Waals surface area (Å²) in [6, 6.07) is 5.79. The highest BCUT2D eigenvalue weighted by Crippen LogP contribution is 2.46. The maximum atomic E-state index is 12.2. The normalized spacial score (nSPS) is 25.9. The molecule has 1 saturated carbocycles. The number of morpholine rings is 1. The van der Waals surface area contributed by atoms with Gasteiger partial charge in [0.25, 0.3) is 0 Å². The Morgan fingerprint density at radius 1 is 1.18 bits per heavy atom. The van der Waals surface area contributed by atoms with Crippen LogP contribution in [0.5, 0.6) is 0 Å². The number of anilines is 2. The van der Waals surface area contributed by atoms with E-state index >= 15 is 0 Å². The van der Waals surface area contributed by atoms with Crippen LogP contribution in [0.15, 0.2) is 36.5 Å². The van der Waals surface area contributed by atoms with Gasteiger partial charge in [0, 0.05) is 24.7 Å². The zero-order valence-electron chi connectivity index (χ0n) is 18.3. The number of aromatic amines is 1. The smallest absolute Gasteiger partial charge is 0.223 e. The first kappa shape index (κ1) is 21.7. The number of hydrogen-bond donors (Lipinski definition) is 3. The van der Waals surface area contributed by atoms with Crippen LogP contribution < -0.4 is 16.0 Å². The highest BCUT2D eigenvalue weighted by molar-refractivity contribution is 6.34. The summed E-state index contributed by atoms with van der Waals surface area (Å²) >= 11 is 13.2. The predicted molar refractivity (Wildman–Crippen MR) is 133 cm³/mol. The molecule has 2 fully saturated rings. The molecule has 4 atom stereocenters. The molecule has 3 aliphatic rings.